The number of unbranched alkanes of at least 4 members (excludes halogenated alkanes) is 15. The fourth-order valence-electron chi connectivity index (χ4n) is 4.32. The normalized spacial score (nSPS) is 11.4. The van der Waals surface area contributed by atoms with Crippen LogP contribution in [0.15, 0.2) is 10.5 Å². The zero-order chi connectivity index (χ0) is 21.0. The summed E-state index contributed by atoms with van der Waals surface area (Å²) in [6.07, 6.45) is 28.2. The molecule has 0 fully saturated rings. The molecule has 29 heavy (non-hydrogen) atoms. The van der Waals surface area contributed by atoms with E-state index in [4.69, 9.17) is 4.42 Å². The summed E-state index contributed by atoms with van der Waals surface area (Å²) in [6, 6.07) is 2.42. The van der Waals surface area contributed by atoms with Crippen LogP contribution in [-0.2, 0) is 19.3 Å². The van der Waals surface area contributed by atoms with Gasteiger partial charge in [0.1, 0.15) is 11.5 Å². The average molecular weight is 405 g/mol. The molecular formula is C28H52O. The first-order valence-electron chi connectivity index (χ1n) is 13.4. The van der Waals surface area contributed by atoms with Crippen LogP contribution in [0, 0.1) is 0 Å². The highest BCUT2D eigenvalue weighted by Crippen LogP contribution is 2.23. The highest BCUT2D eigenvalue weighted by Gasteiger charge is 2.11. The highest BCUT2D eigenvalue weighted by atomic mass is 16.3. The molecule has 1 aromatic heterocycles. The SMILES string of the molecule is CCCCCCCCc1cc(CCCCCCCC)c(CCCCCCCC)o1. The minimum Gasteiger partial charge on any atom is -0.466 e. The third kappa shape index (κ3) is 14.0. The molecule has 1 heterocycles. The maximum absolute atomic E-state index is 6.37. The van der Waals surface area contributed by atoms with Gasteiger partial charge in [-0.3, -0.25) is 0 Å². The van der Waals surface area contributed by atoms with Crippen LogP contribution in [0.2, 0.25) is 0 Å². The average Bonchev–Trinajstić information content (AvgIpc) is 3.11. The molecule has 1 aromatic rings. The summed E-state index contributed by atoms with van der Waals surface area (Å²) in [5.41, 5.74) is 1.54. The second-order valence-electron chi connectivity index (χ2n) is 9.21. The first-order valence-corrected chi connectivity index (χ1v) is 13.4. The number of furan rings is 1. The molecule has 1 nitrogen and oxygen atoms in total. The smallest absolute Gasteiger partial charge is 0.107 e. The van der Waals surface area contributed by atoms with Gasteiger partial charge in [0.05, 0.1) is 0 Å². The van der Waals surface area contributed by atoms with E-state index in [1.807, 2.05) is 0 Å². The minimum absolute atomic E-state index is 1.14. The Morgan fingerprint density at radius 2 is 0.897 bits per heavy atom. The van der Waals surface area contributed by atoms with Gasteiger partial charge in [0.2, 0.25) is 0 Å². The molecule has 0 radical (unpaired) electrons. The monoisotopic (exact) mass is 404 g/mol. The predicted octanol–water partition coefficient (Wildman–Crippen LogP) is 9.99. The van der Waals surface area contributed by atoms with Crippen molar-refractivity contribution in [2.24, 2.45) is 0 Å². The van der Waals surface area contributed by atoms with E-state index >= 15 is 0 Å². The first kappa shape index (κ1) is 26.3. The van der Waals surface area contributed by atoms with Crippen LogP contribution in [0.25, 0.3) is 0 Å². The molecule has 0 amide bonds. The molecule has 0 saturated carbocycles. The molecule has 170 valence electrons. The fourth-order valence-corrected chi connectivity index (χ4v) is 4.32. The molecule has 0 bridgehead atoms. The third-order valence-electron chi connectivity index (χ3n) is 6.28. The molecule has 1 heteroatoms. The van der Waals surface area contributed by atoms with E-state index in [1.54, 1.807) is 0 Å². The Morgan fingerprint density at radius 3 is 1.41 bits per heavy atom. The van der Waals surface area contributed by atoms with Crippen molar-refractivity contribution < 1.29 is 4.42 Å². The second-order valence-corrected chi connectivity index (χ2v) is 9.21. The molecule has 0 spiro atoms. The number of hydrogen-bond acceptors (Lipinski definition) is 1. The van der Waals surface area contributed by atoms with Gasteiger partial charge in [0, 0.05) is 12.8 Å². The highest BCUT2D eigenvalue weighted by molar-refractivity contribution is 5.22. The molecule has 0 unspecified atom stereocenters. The van der Waals surface area contributed by atoms with E-state index in [2.05, 4.69) is 26.8 Å². The first-order chi connectivity index (χ1) is 14.3. The van der Waals surface area contributed by atoms with E-state index < -0.39 is 0 Å². The van der Waals surface area contributed by atoms with Crippen LogP contribution in [-0.4, -0.2) is 0 Å². The van der Waals surface area contributed by atoms with Crippen LogP contribution >= 0.6 is 0 Å². The zero-order valence-electron chi connectivity index (χ0n) is 20.3. The fraction of sp³-hybridized carbons (Fsp3) is 0.857. The molecule has 0 saturated heterocycles. The van der Waals surface area contributed by atoms with Crippen molar-refractivity contribution in [2.45, 2.75) is 156 Å². The topological polar surface area (TPSA) is 13.1 Å². The second kappa shape index (κ2) is 19.3. The largest absolute Gasteiger partial charge is 0.466 e. The van der Waals surface area contributed by atoms with Crippen molar-refractivity contribution in [3.05, 3.63) is 23.2 Å². The maximum Gasteiger partial charge on any atom is 0.107 e. The summed E-state index contributed by atoms with van der Waals surface area (Å²) >= 11 is 0. The van der Waals surface area contributed by atoms with Crippen molar-refractivity contribution in [2.75, 3.05) is 0 Å². The maximum atomic E-state index is 6.37. The van der Waals surface area contributed by atoms with Gasteiger partial charge in [-0.2, -0.15) is 0 Å². The van der Waals surface area contributed by atoms with Crippen LogP contribution in [0.3, 0.4) is 0 Å². The standard InChI is InChI=1S/C28H52O/c1-4-7-10-13-16-19-22-26-25-27(23-20-17-14-11-8-5-2)29-28(26)24-21-18-15-12-9-6-3/h25H,4-24H2,1-3H3. The Hall–Kier alpha value is -0.720. The lowest BCUT2D eigenvalue weighted by Gasteiger charge is -2.04. The molecule has 0 aliphatic carbocycles. The van der Waals surface area contributed by atoms with Gasteiger partial charge in [-0.1, -0.05) is 117 Å². The molecular weight excluding hydrogens is 352 g/mol. The molecule has 0 aliphatic heterocycles. The van der Waals surface area contributed by atoms with Crippen molar-refractivity contribution in [3.8, 4) is 0 Å². The summed E-state index contributed by atoms with van der Waals surface area (Å²) < 4.78 is 6.37. The Labute approximate surface area is 183 Å². The molecule has 0 N–H and O–H groups in total. The minimum atomic E-state index is 1.14. The van der Waals surface area contributed by atoms with Crippen molar-refractivity contribution in [1.82, 2.24) is 0 Å². The number of aryl methyl sites for hydroxylation is 3. The van der Waals surface area contributed by atoms with Crippen LogP contribution in [0.5, 0.6) is 0 Å². The van der Waals surface area contributed by atoms with E-state index in [-0.39, 0.29) is 0 Å². The lowest BCUT2D eigenvalue weighted by Crippen LogP contribution is -1.92. The lowest BCUT2D eigenvalue weighted by atomic mass is 10.0. The Balaban J connectivity index is 2.40. The Morgan fingerprint density at radius 1 is 0.483 bits per heavy atom. The number of rotatable bonds is 21. The predicted molar refractivity (Wildman–Crippen MR) is 130 cm³/mol. The summed E-state index contributed by atoms with van der Waals surface area (Å²) in [4.78, 5) is 0. The van der Waals surface area contributed by atoms with Gasteiger partial charge in [-0.15, -0.1) is 0 Å². The summed E-state index contributed by atoms with van der Waals surface area (Å²) in [7, 11) is 0. The van der Waals surface area contributed by atoms with Crippen molar-refractivity contribution in [3.63, 3.8) is 0 Å². The molecule has 0 atom stereocenters. The Kier molecular flexibility index (Phi) is 17.5. The quantitative estimate of drug-likeness (QED) is 0.186. The van der Waals surface area contributed by atoms with E-state index in [1.165, 1.54) is 139 Å². The van der Waals surface area contributed by atoms with Gasteiger partial charge in [-0.05, 0) is 37.3 Å². The summed E-state index contributed by atoms with van der Waals surface area (Å²) in [6.45, 7) is 6.88. The summed E-state index contributed by atoms with van der Waals surface area (Å²) in [5.74, 6) is 2.59. The van der Waals surface area contributed by atoms with Gasteiger partial charge in [0.25, 0.3) is 0 Å². The van der Waals surface area contributed by atoms with E-state index in [0.717, 1.165) is 12.8 Å². The van der Waals surface area contributed by atoms with E-state index in [0.29, 0.717) is 0 Å². The molecule has 0 aliphatic rings. The van der Waals surface area contributed by atoms with Crippen molar-refractivity contribution in [1.29, 1.82) is 0 Å². The molecule has 1 rings (SSSR count). The third-order valence-corrected chi connectivity index (χ3v) is 6.28. The van der Waals surface area contributed by atoms with Gasteiger partial charge in [0.15, 0.2) is 0 Å². The van der Waals surface area contributed by atoms with Crippen LogP contribution < -0.4 is 0 Å². The Bertz CT molecular complexity index is 425. The summed E-state index contributed by atoms with van der Waals surface area (Å²) in [5, 5.41) is 0. The molecule has 0 aromatic carbocycles. The zero-order valence-corrected chi connectivity index (χ0v) is 20.3. The van der Waals surface area contributed by atoms with Gasteiger partial charge < -0.3 is 4.42 Å². The number of hydrogen-bond donors (Lipinski definition) is 0. The van der Waals surface area contributed by atoms with Gasteiger partial charge >= 0.3 is 0 Å². The van der Waals surface area contributed by atoms with Gasteiger partial charge in [-0.25, -0.2) is 0 Å². The van der Waals surface area contributed by atoms with Crippen molar-refractivity contribution >= 4 is 0 Å². The van der Waals surface area contributed by atoms with E-state index in [9.17, 15) is 0 Å². The van der Waals surface area contributed by atoms with Crippen LogP contribution in [0.4, 0.5) is 0 Å². The van der Waals surface area contributed by atoms with Crippen LogP contribution in [0.1, 0.15) is 153 Å². The lowest BCUT2D eigenvalue weighted by molar-refractivity contribution is 0.442.